The van der Waals surface area contributed by atoms with E-state index in [0.717, 1.165) is 11.1 Å². The molecule has 2 rings (SSSR count). The molecular weight excluding hydrogens is 246 g/mol. The summed E-state index contributed by atoms with van der Waals surface area (Å²) in [6.45, 7) is 4.92. The predicted octanol–water partition coefficient (Wildman–Crippen LogP) is 3.67. The molecular formula is C18H21NO. The zero-order chi connectivity index (χ0) is 14.4. The van der Waals surface area contributed by atoms with E-state index in [0.29, 0.717) is 18.9 Å². The molecule has 2 heteroatoms. The Morgan fingerprint density at radius 2 is 1.60 bits per heavy atom. The first kappa shape index (κ1) is 14.3. The van der Waals surface area contributed by atoms with Gasteiger partial charge in [0.1, 0.15) is 0 Å². The fraction of sp³-hybridized carbons (Fsp3) is 0.278. The van der Waals surface area contributed by atoms with Gasteiger partial charge < -0.3 is 5.32 Å². The third-order valence-electron chi connectivity index (χ3n) is 3.34. The van der Waals surface area contributed by atoms with Crippen LogP contribution >= 0.6 is 0 Å². The summed E-state index contributed by atoms with van der Waals surface area (Å²) < 4.78 is 0. The number of hydrogen-bond donors (Lipinski definition) is 1. The van der Waals surface area contributed by atoms with Gasteiger partial charge >= 0.3 is 0 Å². The molecule has 0 saturated carbocycles. The molecule has 0 bridgehead atoms. The van der Waals surface area contributed by atoms with Crippen LogP contribution in [0.4, 0.5) is 0 Å². The highest BCUT2D eigenvalue weighted by atomic mass is 16.1. The molecule has 0 unspecified atom stereocenters. The molecule has 0 aliphatic carbocycles. The predicted molar refractivity (Wildman–Crippen MR) is 82.5 cm³/mol. The van der Waals surface area contributed by atoms with E-state index >= 15 is 0 Å². The van der Waals surface area contributed by atoms with Gasteiger partial charge in [0.05, 0.1) is 6.42 Å². The van der Waals surface area contributed by atoms with E-state index in [2.05, 4.69) is 31.3 Å². The zero-order valence-electron chi connectivity index (χ0n) is 12.1. The SMILES string of the molecule is CC(C)c1ccc(CC(=O)NCc2ccccc2)cc1. The van der Waals surface area contributed by atoms with Crippen LogP contribution in [0.1, 0.15) is 36.5 Å². The smallest absolute Gasteiger partial charge is 0.224 e. The fourth-order valence-electron chi connectivity index (χ4n) is 2.06. The topological polar surface area (TPSA) is 29.1 Å². The summed E-state index contributed by atoms with van der Waals surface area (Å²) in [5.41, 5.74) is 3.48. The normalized spacial score (nSPS) is 10.6. The highest BCUT2D eigenvalue weighted by Gasteiger charge is 2.04. The number of rotatable bonds is 5. The molecule has 1 amide bonds. The largest absolute Gasteiger partial charge is 0.352 e. The average Bonchev–Trinajstić information content (AvgIpc) is 2.47. The van der Waals surface area contributed by atoms with Gasteiger partial charge in [-0.1, -0.05) is 68.4 Å². The summed E-state index contributed by atoms with van der Waals surface area (Å²) in [6.07, 6.45) is 0.436. The van der Waals surface area contributed by atoms with E-state index in [9.17, 15) is 4.79 Å². The van der Waals surface area contributed by atoms with Crippen LogP contribution in [0, 0.1) is 0 Å². The Morgan fingerprint density at radius 3 is 2.20 bits per heavy atom. The van der Waals surface area contributed by atoms with E-state index in [-0.39, 0.29) is 5.91 Å². The molecule has 20 heavy (non-hydrogen) atoms. The number of benzene rings is 2. The zero-order valence-corrected chi connectivity index (χ0v) is 12.1. The first-order valence-electron chi connectivity index (χ1n) is 7.04. The molecule has 0 atom stereocenters. The molecule has 0 fully saturated rings. The molecule has 1 N–H and O–H groups in total. The fourth-order valence-corrected chi connectivity index (χ4v) is 2.06. The summed E-state index contributed by atoms with van der Waals surface area (Å²) in [7, 11) is 0. The Kier molecular flexibility index (Phi) is 4.94. The lowest BCUT2D eigenvalue weighted by Gasteiger charge is -2.08. The van der Waals surface area contributed by atoms with Gasteiger partial charge in [0, 0.05) is 6.54 Å². The van der Waals surface area contributed by atoms with Gasteiger partial charge in [-0.2, -0.15) is 0 Å². The van der Waals surface area contributed by atoms with Crippen LogP contribution in [-0.4, -0.2) is 5.91 Å². The van der Waals surface area contributed by atoms with Crippen LogP contribution in [-0.2, 0) is 17.8 Å². The summed E-state index contributed by atoms with van der Waals surface area (Å²) in [5.74, 6) is 0.585. The number of hydrogen-bond acceptors (Lipinski definition) is 1. The first-order chi connectivity index (χ1) is 9.65. The Hall–Kier alpha value is -2.09. The maximum absolute atomic E-state index is 11.9. The van der Waals surface area contributed by atoms with E-state index in [1.807, 2.05) is 42.5 Å². The lowest BCUT2D eigenvalue weighted by molar-refractivity contribution is -0.120. The summed E-state index contributed by atoms with van der Waals surface area (Å²) in [4.78, 5) is 11.9. The van der Waals surface area contributed by atoms with Crippen molar-refractivity contribution in [2.45, 2.75) is 32.7 Å². The van der Waals surface area contributed by atoms with Crippen molar-refractivity contribution >= 4 is 5.91 Å². The van der Waals surface area contributed by atoms with Gasteiger partial charge in [-0.25, -0.2) is 0 Å². The number of carbonyl (C=O) groups excluding carboxylic acids is 1. The van der Waals surface area contributed by atoms with Crippen molar-refractivity contribution in [3.63, 3.8) is 0 Å². The molecule has 104 valence electrons. The second-order valence-electron chi connectivity index (χ2n) is 5.34. The molecule has 0 aliphatic heterocycles. The van der Waals surface area contributed by atoms with Crippen molar-refractivity contribution in [3.05, 3.63) is 71.3 Å². The van der Waals surface area contributed by atoms with Crippen LogP contribution in [0.3, 0.4) is 0 Å². The second-order valence-corrected chi connectivity index (χ2v) is 5.34. The molecule has 2 nitrogen and oxygen atoms in total. The molecule has 0 spiro atoms. The maximum Gasteiger partial charge on any atom is 0.224 e. The highest BCUT2D eigenvalue weighted by Crippen LogP contribution is 2.14. The average molecular weight is 267 g/mol. The minimum absolute atomic E-state index is 0.0613. The van der Waals surface area contributed by atoms with E-state index < -0.39 is 0 Å². The molecule has 0 radical (unpaired) electrons. The van der Waals surface area contributed by atoms with Crippen molar-refractivity contribution in [2.75, 3.05) is 0 Å². The minimum Gasteiger partial charge on any atom is -0.352 e. The molecule has 2 aromatic rings. The number of carbonyl (C=O) groups is 1. The third-order valence-corrected chi connectivity index (χ3v) is 3.34. The Labute approximate surface area is 120 Å². The molecule has 0 aromatic heterocycles. The van der Waals surface area contributed by atoms with E-state index in [4.69, 9.17) is 0 Å². The van der Waals surface area contributed by atoms with Gasteiger partial charge in [-0.3, -0.25) is 4.79 Å². The minimum atomic E-state index is 0.0613. The van der Waals surface area contributed by atoms with Gasteiger partial charge in [0.2, 0.25) is 5.91 Å². The highest BCUT2D eigenvalue weighted by molar-refractivity contribution is 5.78. The first-order valence-corrected chi connectivity index (χ1v) is 7.04. The van der Waals surface area contributed by atoms with Crippen LogP contribution < -0.4 is 5.32 Å². The van der Waals surface area contributed by atoms with Gasteiger partial charge in [-0.05, 0) is 22.6 Å². The van der Waals surface area contributed by atoms with Crippen LogP contribution in [0.5, 0.6) is 0 Å². The van der Waals surface area contributed by atoms with Crippen molar-refractivity contribution in [3.8, 4) is 0 Å². The Bertz CT molecular complexity index is 543. The lowest BCUT2D eigenvalue weighted by atomic mass is 10.0. The summed E-state index contributed by atoms with van der Waals surface area (Å²) >= 11 is 0. The van der Waals surface area contributed by atoms with Crippen LogP contribution in [0.25, 0.3) is 0 Å². The van der Waals surface area contributed by atoms with Crippen molar-refractivity contribution in [1.29, 1.82) is 0 Å². The molecule has 0 heterocycles. The van der Waals surface area contributed by atoms with Gasteiger partial charge in [0.15, 0.2) is 0 Å². The standard InChI is InChI=1S/C18H21NO/c1-14(2)17-10-8-15(9-11-17)12-18(20)19-13-16-6-4-3-5-7-16/h3-11,14H,12-13H2,1-2H3,(H,19,20). The van der Waals surface area contributed by atoms with Crippen molar-refractivity contribution < 1.29 is 4.79 Å². The molecule has 2 aromatic carbocycles. The van der Waals surface area contributed by atoms with Gasteiger partial charge in [0.25, 0.3) is 0 Å². The van der Waals surface area contributed by atoms with Crippen molar-refractivity contribution in [2.24, 2.45) is 0 Å². The molecule has 0 aliphatic rings. The van der Waals surface area contributed by atoms with E-state index in [1.54, 1.807) is 0 Å². The monoisotopic (exact) mass is 267 g/mol. The van der Waals surface area contributed by atoms with Crippen LogP contribution in [0.2, 0.25) is 0 Å². The maximum atomic E-state index is 11.9. The van der Waals surface area contributed by atoms with E-state index in [1.165, 1.54) is 5.56 Å². The Balaban J connectivity index is 1.85. The lowest BCUT2D eigenvalue weighted by Crippen LogP contribution is -2.24. The molecule has 0 saturated heterocycles. The quantitative estimate of drug-likeness (QED) is 0.880. The number of nitrogens with one attached hydrogen (secondary N) is 1. The van der Waals surface area contributed by atoms with Gasteiger partial charge in [-0.15, -0.1) is 0 Å². The second kappa shape index (κ2) is 6.90. The number of amides is 1. The van der Waals surface area contributed by atoms with Crippen LogP contribution in [0.15, 0.2) is 54.6 Å². The van der Waals surface area contributed by atoms with Crippen molar-refractivity contribution in [1.82, 2.24) is 5.32 Å². The third kappa shape index (κ3) is 4.23. The Morgan fingerprint density at radius 1 is 0.950 bits per heavy atom. The summed E-state index contributed by atoms with van der Waals surface area (Å²) in [6, 6.07) is 18.2. The summed E-state index contributed by atoms with van der Waals surface area (Å²) in [5, 5.41) is 2.95.